The number of hydrogen-bond acceptors (Lipinski definition) is 3. The van der Waals surface area contributed by atoms with Crippen LogP contribution in [0.1, 0.15) is 12.0 Å². The van der Waals surface area contributed by atoms with Crippen LogP contribution in [0.5, 0.6) is 0 Å². The number of carbonyl (C=O) groups excluding carboxylic acids is 1. The molecule has 14 heavy (non-hydrogen) atoms. The third-order valence-corrected chi connectivity index (χ3v) is 2.38. The van der Waals surface area contributed by atoms with Gasteiger partial charge in [0, 0.05) is 10.2 Å². The Hall–Kier alpha value is -0.480. The maximum atomic E-state index is 11.0. The minimum atomic E-state index is -0.206. The Bertz CT molecular complexity index is 297. The average Bonchev–Trinajstić information content (AvgIpc) is 2.17. The van der Waals surface area contributed by atoms with Crippen molar-refractivity contribution in [3.63, 3.8) is 0 Å². The quantitative estimate of drug-likeness (QED) is 0.675. The molecule has 4 heteroatoms. The Morgan fingerprint density at radius 1 is 1.36 bits per heavy atom. The number of carbonyl (C=O) groups is 1. The number of thiol groups is 1. The first-order valence-electron chi connectivity index (χ1n) is 4.23. The van der Waals surface area contributed by atoms with Crippen LogP contribution in [0.4, 0.5) is 0 Å². The van der Waals surface area contributed by atoms with Gasteiger partial charge in [0.05, 0.1) is 6.42 Å². The van der Waals surface area contributed by atoms with Crippen LogP contribution in [0.25, 0.3) is 0 Å². The molecule has 0 amide bonds. The van der Waals surface area contributed by atoms with Gasteiger partial charge in [-0.1, -0.05) is 28.1 Å². The van der Waals surface area contributed by atoms with Crippen LogP contribution in [0, 0.1) is 0 Å². The highest BCUT2D eigenvalue weighted by atomic mass is 79.9. The molecule has 0 heterocycles. The van der Waals surface area contributed by atoms with Gasteiger partial charge in [0.15, 0.2) is 0 Å². The fourth-order valence-corrected chi connectivity index (χ4v) is 1.35. The Balaban J connectivity index is 2.38. The molecule has 76 valence electrons. The third-order valence-electron chi connectivity index (χ3n) is 1.63. The highest BCUT2D eigenvalue weighted by Gasteiger charge is 2.01. The Morgan fingerprint density at radius 3 is 2.57 bits per heavy atom. The topological polar surface area (TPSA) is 26.3 Å². The molecule has 0 aromatic heterocycles. The molecular formula is C10H11BrO2S. The molecule has 1 aromatic carbocycles. The summed E-state index contributed by atoms with van der Waals surface area (Å²) in [7, 11) is 0. The van der Waals surface area contributed by atoms with E-state index in [1.165, 1.54) is 0 Å². The number of rotatable bonds is 4. The molecule has 0 fully saturated rings. The second-order valence-electron chi connectivity index (χ2n) is 2.76. The zero-order chi connectivity index (χ0) is 10.4. The van der Waals surface area contributed by atoms with Crippen LogP contribution >= 0.6 is 28.6 Å². The Morgan fingerprint density at radius 2 is 2.00 bits per heavy atom. The van der Waals surface area contributed by atoms with Crippen LogP contribution in [-0.2, 0) is 16.1 Å². The first kappa shape index (κ1) is 11.6. The van der Waals surface area contributed by atoms with Gasteiger partial charge in [0.1, 0.15) is 6.61 Å². The van der Waals surface area contributed by atoms with E-state index in [0.717, 1.165) is 10.0 Å². The van der Waals surface area contributed by atoms with Crippen molar-refractivity contribution in [2.24, 2.45) is 0 Å². The van der Waals surface area contributed by atoms with Crippen molar-refractivity contribution in [3.8, 4) is 0 Å². The summed E-state index contributed by atoms with van der Waals surface area (Å²) in [6.07, 6.45) is 0.361. The van der Waals surface area contributed by atoms with E-state index in [0.29, 0.717) is 18.8 Å². The second kappa shape index (κ2) is 6.09. The largest absolute Gasteiger partial charge is 0.461 e. The van der Waals surface area contributed by atoms with E-state index in [1.54, 1.807) is 0 Å². The molecule has 0 unspecified atom stereocenters. The molecular weight excluding hydrogens is 264 g/mol. The first-order chi connectivity index (χ1) is 6.72. The molecule has 0 bridgehead atoms. The Labute approximate surface area is 97.2 Å². The van der Waals surface area contributed by atoms with Gasteiger partial charge < -0.3 is 4.74 Å². The highest BCUT2D eigenvalue weighted by molar-refractivity contribution is 9.10. The van der Waals surface area contributed by atoms with Gasteiger partial charge in [-0.05, 0) is 17.7 Å². The SMILES string of the molecule is O=C(CCS)OCc1ccc(Br)cc1. The summed E-state index contributed by atoms with van der Waals surface area (Å²) in [5.41, 5.74) is 0.987. The lowest BCUT2D eigenvalue weighted by atomic mass is 10.2. The van der Waals surface area contributed by atoms with E-state index in [1.807, 2.05) is 24.3 Å². The van der Waals surface area contributed by atoms with Crippen LogP contribution in [0.15, 0.2) is 28.7 Å². The molecule has 0 N–H and O–H groups in total. The zero-order valence-electron chi connectivity index (χ0n) is 7.57. The molecule has 0 saturated carbocycles. The predicted molar refractivity (Wildman–Crippen MR) is 62.4 cm³/mol. The minimum absolute atomic E-state index is 0.206. The van der Waals surface area contributed by atoms with Gasteiger partial charge in [0.2, 0.25) is 0 Å². The standard InChI is InChI=1S/C10H11BrO2S/c11-9-3-1-8(2-4-9)7-13-10(12)5-6-14/h1-4,14H,5-7H2. The summed E-state index contributed by atoms with van der Waals surface area (Å²) < 4.78 is 6.02. The van der Waals surface area contributed by atoms with Crippen LogP contribution in [0.2, 0.25) is 0 Å². The number of benzene rings is 1. The van der Waals surface area contributed by atoms with Crippen molar-refractivity contribution in [3.05, 3.63) is 34.3 Å². The summed E-state index contributed by atoms with van der Waals surface area (Å²) in [5, 5.41) is 0. The van der Waals surface area contributed by atoms with Crippen molar-refractivity contribution in [2.75, 3.05) is 5.75 Å². The van der Waals surface area contributed by atoms with Crippen LogP contribution in [-0.4, -0.2) is 11.7 Å². The van der Waals surface area contributed by atoms with Gasteiger partial charge in [-0.25, -0.2) is 0 Å². The lowest BCUT2D eigenvalue weighted by molar-refractivity contribution is -0.144. The monoisotopic (exact) mass is 274 g/mol. The first-order valence-corrected chi connectivity index (χ1v) is 5.66. The van der Waals surface area contributed by atoms with Gasteiger partial charge in [-0.3, -0.25) is 4.79 Å². The van der Waals surface area contributed by atoms with Gasteiger partial charge in [-0.15, -0.1) is 0 Å². The van der Waals surface area contributed by atoms with E-state index in [4.69, 9.17) is 4.74 Å². The normalized spacial score (nSPS) is 9.86. The fourth-order valence-electron chi connectivity index (χ4n) is 0.908. The summed E-state index contributed by atoms with van der Waals surface area (Å²) in [6.45, 7) is 0.333. The third kappa shape index (κ3) is 4.15. The molecule has 0 aliphatic carbocycles. The fraction of sp³-hybridized carbons (Fsp3) is 0.300. The predicted octanol–water partition coefficient (Wildman–Crippen LogP) is 2.81. The summed E-state index contributed by atoms with van der Waals surface area (Å²) >= 11 is 7.28. The maximum Gasteiger partial charge on any atom is 0.306 e. The van der Waals surface area contributed by atoms with Crippen LogP contribution < -0.4 is 0 Å². The summed E-state index contributed by atoms with van der Waals surface area (Å²) in [5.74, 6) is 0.321. The lowest BCUT2D eigenvalue weighted by Crippen LogP contribution is -2.04. The van der Waals surface area contributed by atoms with Crippen molar-refractivity contribution in [1.82, 2.24) is 0 Å². The molecule has 2 nitrogen and oxygen atoms in total. The van der Waals surface area contributed by atoms with E-state index in [9.17, 15) is 4.79 Å². The highest BCUT2D eigenvalue weighted by Crippen LogP contribution is 2.11. The molecule has 1 aromatic rings. The van der Waals surface area contributed by atoms with Gasteiger partial charge >= 0.3 is 5.97 Å². The molecule has 0 spiro atoms. The van der Waals surface area contributed by atoms with Crippen LogP contribution in [0.3, 0.4) is 0 Å². The van der Waals surface area contributed by atoms with Crippen molar-refractivity contribution in [2.45, 2.75) is 13.0 Å². The van der Waals surface area contributed by atoms with Crippen molar-refractivity contribution in [1.29, 1.82) is 0 Å². The molecule has 0 saturated heterocycles. The van der Waals surface area contributed by atoms with Gasteiger partial charge in [-0.2, -0.15) is 12.6 Å². The molecule has 0 aliphatic heterocycles. The maximum absolute atomic E-state index is 11.0. The lowest BCUT2D eigenvalue weighted by Gasteiger charge is -2.03. The smallest absolute Gasteiger partial charge is 0.306 e. The number of ether oxygens (including phenoxy) is 1. The van der Waals surface area contributed by atoms with E-state index in [2.05, 4.69) is 28.6 Å². The Kier molecular flexibility index (Phi) is 5.04. The summed E-state index contributed by atoms with van der Waals surface area (Å²) in [4.78, 5) is 11.0. The minimum Gasteiger partial charge on any atom is -0.461 e. The molecule has 1 rings (SSSR count). The average molecular weight is 275 g/mol. The molecule has 0 aliphatic rings. The molecule has 0 radical (unpaired) electrons. The second-order valence-corrected chi connectivity index (χ2v) is 4.12. The van der Waals surface area contributed by atoms with E-state index in [-0.39, 0.29) is 5.97 Å². The van der Waals surface area contributed by atoms with E-state index >= 15 is 0 Å². The van der Waals surface area contributed by atoms with E-state index < -0.39 is 0 Å². The number of hydrogen-bond donors (Lipinski definition) is 1. The van der Waals surface area contributed by atoms with Gasteiger partial charge in [0.25, 0.3) is 0 Å². The number of esters is 1. The molecule has 0 atom stereocenters. The van der Waals surface area contributed by atoms with Crippen molar-refractivity contribution < 1.29 is 9.53 Å². The van der Waals surface area contributed by atoms with Crippen molar-refractivity contribution >= 4 is 34.5 Å². The summed E-state index contributed by atoms with van der Waals surface area (Å²) in [6, 6.07) is 7.67. The number of halogens is 1. The zero-order valence-corrected chi connectivity index (χ0v) is 10.1.